The smallest absolute Gasteiger partial charge is 0.0931 e. The monoisotopic (exact) mass is 257 g/mol. The predicted molar refractivity (Wildman–Crippen MR) is 73.0 cm³/mol. The fourth-order valence-electron chi connectivity index (χ4n) is 1.75. The van der Waals surface area contributed by atoms with Gasteiger partial charge in [0.25, 0.3) is 0 Å². The van der Waals surface area contributed by atoms with Crippen LogP contribution in [0, 0.1) is 11.3 Å². The van der Waals surface area contributed by atoms with Crippen LogP contribution in [0.1, 0.15) is 24.1 Å². The molecule has 2 rings (SSSR count). The Morgan fingerprint density at radius 2 is 2.33 bits per heavy atom. The molecule has 90 valence electrons. The quantitative estimate of drug-likeness (QED) is 0.785. The van der Waals surface area contributed by atoms with E-state index < -0.39 is 0 Å². The molecule has 0 bridgehead atoms. The van der Waals surface area contributed by atoms with E-state index in [1.54, 1.807) is 6.20 Å². The van der Waals surface area contributed by atoms with Crippen LogP contribution in [0.5, 0.6) is 0 Å². The van der Waals surface area contributed by atoms with Crippen molar-refractivity contribution in [2.45, 2.75) is 18.7 Å². The molecule has 18 heavy (non-hydrogen) atoms. The summed E-state index contributed by atoms with van der Waals surface area (Å²) >= 11 is 5.94. The molecule has 0 radical (unpaired) electrons. The van der Waals surface area contributed by atoms with Crippen molar-refractivity contribution in [3.8, 4) is 6.07 Å². The van der Waals surface area contributed by atoms with E-state index in [4.69, 9.17) is 16.9 Å². The Hall–Kier alpha value is -1.92. The third-order valence-corrected chi connectivity index (χ3v) is 2.98. The summed E-state index contributed by atoms with van der Waals surface area (Å²) in [6.45, 7) is 3.97. The van der Waals surface area contributed by atoms with Gasteiger partial charge >= 0.3 is 0 Å². The molecule has 2 heterocycles. The molecule has 0 aliphatic rings. The fraction of sp³-hybridized carbons (Fsp3) is 0.214. The van der Waals surface area contributed by atoms with Crippen LogP contribution in [0.3, 0.4) is 0 Å². The first-order chi connectivity index (χ1) is 8.76. The lowest BCUT2D eigenvalue weighted by molar-refractivity contribution is 1.07. The number of alkyl halides is 1. The Bertz CT molecular complexity index is 628. The van der Waals surface area contributed by atoms with Gasteiger partial charge in [-0.05, 0) is 35.8 Å². The van der Waals surface area contributed by atoms with Gasteiger partial charge in [0, 0.05) is 18.5 Å². The highest BCUT2D eigenvalue weighted by atomic mass is 35.5. The molecule has 2 aromatic rings. The molecule has 0 spiro atoms. The van der Waals surface area contributed by atoms with E-state index >= 15 is 0 Å². The van der Waals surface area contributed by atoms with E-state index in [1.165, 1.54) is 0 Å². The maximum Gasteiger partial charge on any atom is 0.0931 e. The van der Waals surface area contributed by atoms with Crippen molar-refractivity contribution in [2.75, 3.05) is 0 Å². The lowest BCUT2D eigenvalue weighted by Crippen LogP contribution is -1.95. The minimum atomic E-state index is 0.383. The molecule has 0 aliphatic heterocycles. The molecule has 2 aromatic heterocycles. The van der Waals surface area contributed by atoms with E-state index in [0.29, 0.717) is 18.7 Å². The first kappa shape index (κ1) is 12.5. The molecule has 0 unspecified atom stereocenters. The zero-order chi connectivity index (χ0) is 13.0. The van der Waals surface area contributed by atoms with Gasteiger partial charge in [-0.2, -0.15) is 5.26 Å². The highest BCUT2D eigenvalue weighted by Crippen LogP contribution is 2.23. The number of hydrogen-bond acceptors (Lipinski definition) is 3. The lowest BCUT2D eigenvalue weighted by atomic mass is 10.1. The fourth-order valence-corrected chi connectivity index (χ4v) is 1.95. The second-order valence-electron chi connectivity index (χ2n) is 3.93. The van der Waals surface area contributed by atoms with Crippen molar-refractivity contribution in [3.63, 3.8) is 0 Å². The number of rotatable bonds is 4. The molecule has 0 amide bonds. The maximum atomic E-state index is 8.59. The summed E-state index contributed by atoms with van der Waals surface area (Å²) in [5.74, 6) is 0.383. The molecule has 0 N–H and O–H groups in total. The number of aromatic nitrogens is 2. The maximum absolute atomic E-state index is 8.59. The Labute approximate surface area is 111 Å². The van der Waals surface area contributed by atoms with Crippen molar-refractivity contribution >= 4 is 28.2 Å². The molecule has 0 saturated carbocycles. The minimum absolute atomic E-state index is 0.383. The number of fused-ring (bicyclic) bond motifs is 1. The molecule has 4 heteroatoms. The van der Waals surface area contributed by atoms with E-state index in [-0.39, 0.29) is 0 Å². The van der Waals surface area contributed by atoms with E-state index in [0.717, 1.165) is 27.9 Å². The van der Waals surface area contributed by atoms with Crippen molar-refractivity contribution < 1.29 is 0 Å². The van der Waals surface area contributed by atoms with Gasteiger partial charge < -0.3 is 0 Å². The average molecular weight is 258 g/mol. The molecule has 0 aliphatic carbocycles. The number of hydrogen-bond donors (Lipinski definition) is 0. The second kappa shape index (κ2) is 5.61. The predicted octanol–water partition coefficient (Wildman–Crippen LogP) is 3.69. The Balaban J connectivity index is 2.47. The van der Waals surface area contributed by atoms with Gasteiger partial charge in [-0.25, -0.2) is 4.98 Å². The van der Waals surface area contributed by atoms with Crippen LogP contribution in [0.25, 0.3) is 16.6 Å². The van der Waals surface area contributed by atoms with E-state index in [9.17, 15) is 0 Å². The van der Waals surface area contributed by atoms with Crippen LogP contribution < -0.4 is 0 Å². The van der Waals surface area contributed by atoms with Gasteiger partial charge in [0.15, 0.2) is 0 Å². The van der Waals surface area contributed by atoms with Gasteiger partial charge in [0.2, 0.25) is 0 Å². The van der Waals surface area contributed by atoms with Crippen LogP contribution in [0.2, 0.25) is 0 Å². The van der Waals surface area contributed by atoms with Gasteiger partial charge in [-0.15, -0.1) is 11.6 Å². The zero-order valence-corrected chi connectivity index (χ0v) is 10.6. The number of halogens is 1. The number of pyridine rings is 2. The molecule has 0 atom stereocenters. The highest BCUT2D eigenvalue weighted by molar-refractivity contribution is 6.17. The lowest BCUT2D eigenvalue weighted by Gasteiger charge is -2.08. The summed E-state index contributed by atoms with van der Waals surface area (Å²) in [4.78, 5) is 8.79. The summed E-state index contributed by atoms with van der Waals surface area (Å²) < 4.78 is 0. The molecular weight excluding hydrogens is 246 g/mol. The van der Waals surface area contributed by atoms with Crippen molar-refractivity contribution in [1.29, 1.82) is 5.26 Å². The summed E-state index contributed by atoms with van der Waals surface area (Å²) in [5.41, 5.74) is 4.22. The van der Waals surface area contributed by atoms with E-state index in [1.807, 2.05) is 18.2 Å². The van der Waals surface area contributed by atoms with Crippen molar-refractivity contribution in [2.24, 2.45) is 0 Å². The topological polar surface area (TPSA) is 49.6 Å². The van der Waals surface area contributed by atoms with Gasteiger partial charge in [0.05, 0.1) is 22.8 Å². The first-order valence-electron chi connectivity index (χ1n) is 5.62. The summed E-state index contributed by atoms with van der Waals surface area (Å²) in [5, 5.41) is 8.59. The Kier molecular flexibility index (Phi) is 3.91. The number of nitriles is 1. The second-order valence-corrected chi connectivity index (χ2v) is 4.20. The van der Waals surface area contributed by atoms with Crippen LogP contribution in [-0.2, 0) is 5.88 Å². The van der Waals surface area contributed by atoms with Crippen LogP contribution >= 0.6 is 11.6 Å². The van der Waals surface area contributed by atoms with Crippen LogP contribution in [0.15, 0.2) is 31.0 Å². The SMILES string of the molecule is C=C(CCC#N)c1cc(CCl)c2ncccc2n1. The number of nitrogens with zero attached hydrogens (tertiary/aromatic N) is 3. The molecule has 0 aromatic carbocycles. The third kappa shape index (κ3) is 2.49. The van der Waals surface area contributed by atoms with Crippen LogP contribution in [-0.4, -0.2) is 9.97 Å². The van der Waals surface area contributed by atoms with E-state index in [2.05, 4.69) is 22.6 Å². The highest BCUT2D eigenvalue weighted by Gasteiger charge is 2.08. The molecular formula is C14H12ClN3. The normalized spacial score (nSPS) is 10.2. The van der Waals surface area contributed by atoms with Crippen molar-refractivity contribution in [3.05, 3.63) is 42.2 Å². The summed E-state index contributed by atoms with van der Waals surface area (Å²) in [7, 11) is 0. The molecule has 3 nitrogen and oxygen atoms in total. The largest absolute Gasteiger partial charge is 0.254 e. The number of allylic oxidation sites excluding steroid dienone is 1. The molecule has 0 saturated heterocycles. The Morgan fingerprint density at radius 3 is 3.06 bits per heavy atom. The van der Waals surface area contributed by atoms with Gasteiger partial charge in [0.1, 0.15) is 0 Å². The van der Waals surface area contributed by atoms with Crippen LogP contribution in [0.4, 0.5) is 0 Å². The summed E-state index contributed by atoms with van der Waals surface area (Å²) in [6.07, 6.45) is 2.79. The van der Waals surface area contributed by atoms with Gasteiger partial charge in [-0.1, -0.05) is 6.58 Å². The first-order valence-corrected chi connectivity index (χ1v) is 6.15. The standard InChI is InChI=1S/C14H12ClN3/c1-10(4-2-6-16)13-8-11(9-15)14-12(18-13)5-3-7-17-14/h3,5,7-8H,1-2,4,9H2. The summed E-state index contributed by atoms with van der Waals surface area (Å²) in [6, 6.07) is 7.76. The third-order valence-electron chi connectivity index (χ3n) is 2.69. The minimum Gasteiger partial charge on any atom is -0.254 e. The van der Waals surface area contributed by atoms with Gasteiger partial charge in [-0.3, -0.25) is 4.98 Å². The average Bonchev–Trinajstić information content (AvgIpc) is 2.43. The Morgan fingerprint density at radius 1 is 1.50 bits per heavy atom. The zero-order valence-electron chi connectivity index (χ0n) is 9.86. The molecule has 0 fully saturated rings. The van der Waals surface area contributed by atoms with Crippen molar-refractivity contribution in [1.82, 2.24) is 9.97 Å².